The van der Waals surface area contributed by atoms with Crippen LogP contribution in [0.15, 0.2) is 47.2 Å². The maximum atomic E-state index is 11.8. The van der Waals surface area contributed by atoms with Crippen molar-refractivity contribution in [2.75, 3.05) is 11.9 Å². The Kier molecular flexibility index (Phi) is 5.12. The molecule has 0 aliphatic carbocycles. The third-order valence-corrected chi connectivity index (χ3v) is 3.46. The number of rotatable bonds is 5. The Morgan fingerprint density at radius 2 is 2.00 bits per heavy atom. The van der Waals surface area contributed by atoms with Gasteiger partial charge in [-0.05, 0) is 58.2 Å². The Bertz CT molecular complexity index is 587. The lowest BCUT2D eigenvalue weighted by Crippen LogP contribution is -2.29. The smallest absolute Gasteiger partial charge is 0.239 e. The zero-order valence-corrected chi connectivity index (χ0v) is 12.8. The molecule has 0 unspecified atom stereocenters. The summed E-state index contributed by atoms with van der Waals surface area (Å²) in [7, 11) is 0. The molecule has 1 amide bonds. The first-order valence-electron chi connectivity index (χ1n) is 6.31. The number of aromatic nitrogens is 1. The van der Waals surface area contributed by atoms with Crippen LogP contribution in [0.1, 0.15) is 11.1 Å². The Balaban J connectivity index is 1.80. The Labute approximate surface area is 126 Å². The zero-order valence-electron chi connectivity index (χ0n) is 11.2. The lowest BCUT2D eigenvalue weighted by Gasteiger charge is -2.10. The summed E-state index contributed by atoms with van der Waals surface area (Å²) >= 11 is 3.47. The molecule has 0 aliphatic rings. The van der Waals surface area contributed by atoms with Crippen LogP contribution in [-0.4, -0.2) is 17.4 Å². The molecule has 0 spiro atoms. The van der Waals surface area contributed by atoms with Crippen LogP contribution in [-0.2, 0) is 11.3 Å². The zero-order chi connectivity index (χ0) is 14.4. The highest BCUT2D eigenvalue weighted by atomic mass is 79.9. The minimum atomic E-state index is -0.0470. The van der Waals surface area contributed by atoms with Gasteiger partial charge in [0, 0.05) is 29.1 Å². The van der Waals surface area contributed by atoms with Crippen molar-refractivity contribution in [2.24, 2.45) is 0 Å². The Hall–Kier alpha value is -1.88. The number of pyridine rings is 1. The van der Waals surface area contributed by atoms with Gasteiger partial charge in [-0.3, -0.25) is 9.78 Å². The van der Waals surface area contributed by atoms with Crippen LogP contribution in [0.25, 0.3) is 0 Å². The summed E-state index contributed by atoms with van der Waals surface area (Å²) in [5.41, 5.74) is 3.11. The molecular formula is C15H16BrN3O. The number of carbonyl (C=O) groups is 1. The van der Waals surface area contributed by atoms with Gasteiger partial charge in [0.25, 0.3) is 0 Å². The van der Waals surface area contributed by atoms with E-state index in [1.807, 2.05) is 37.3 Å². The number of halogens is 1. The van der Waals surface area contributed by atoms with Gasteiger partial charge >= 0.3 is 0 Å². The summed E-state index contributed by atoms with van der Waals surface area (Å²) in [5.74, 6) is -0.0470. The van der Waals surface area contributed by atoms with Crippen molar-refractivity contribution < 1.29 is 4.79 Å². The molecule has 1 heterocycles. The number of nitrogens with one attached hydrogen (secondary N) is 2. The van der Waals surface area contributed by atoms with E-state index in [2.05, 4.69) is 31.5 Å². The fraction of sp³-hybridized carbons (Fsp3) is 0.200. The molecule has 4 nitrogen and oxygen atoms in total. The first-order valence-corrected chi connectivity index (χ1v) is 7.10. The minimum Gasteiger partial charge on any atom is -0.375 e. The molecule has 0 fully saturated rings. The average Bonchev–Trinajstić information content (AvgIpc) is 2.45. The van der Waals surface area contributed by atoms with E-state index in [9.17, 15) is 4.79 Å². The minimum absolute atomic E-state index is 0.0470. The topological polar surface area (TPSA) is 54.0 Å². The highest BCUT2D eigenvalue weighted by Crippen LogP contribution is 2.22. The summed E-state index contributed by atoms with van der Waals surface area (Å²) in [4.78, 5) is 15.7. The third kappa shape index (κ3) is 4.35. The SMILES string of the molecule is Cc1ccc(NCC(=O)NCc2ccncc2)c(Br)c1. The van der Waals surface area contributed by atoms with Crippen LogP contribution in [0.5, 0.6) is 0 Å². The first kappa shape index (κ1) is 14.5. The predicted octanol–water partition coefficient (Wildman–Crippen LogP) is 2.88. The molecule has 2 N–H and O–H groups in total. The molecule has 2 rings (SSSR count). The largest absolute Gasteiger partial charge is 0.375 e. The van der Waals surface area contributed by atoms with Gasteiger partial charge in [-0.2, -0.15) is 0 Å². The second-order valence-corrected chi connectivity index (χ2v) is 5.32. The van der Waals surface area contributed by atoms with E-state index >= 15 is 0 Å². The number of hydrogen-bond donors (Lipinski definition) is 2. The van der Waals surface area contributed by atoms with Gasteiger partial charge in [-0.25, -0.2) is 0 Å². The lowest BCUT2D eigenvalue weighted by molar-refractivity contribution is -0.119. The van der Waals surface area contributed by atoms with Crippen molar-refractivity contribution >= 4 is 27.5 Å². The van der Waals surface area contributed by atoms with Crippen molar-refractivity contribution in [1.29, 1.82) is 0 Å². The van der Waals surface area contributed by atoms with Gasteiger partial charge in [-0.15, -0.1) is 0 Å². The molecule has 20 heavy (non-hydrogen) atoms. The predicted molar refractivity (Wildman–Crippen MR) is 83.5 cm³/mol. The number of carbonyl (C=O) groups excluding carboxylic acids is 1. The van der Waals surface area contributed by atoms with Crippen LogP contribution >= 0.6 is 15.9 Å². The average molecular weight is 334 g/mol. The van der Waals surface area contributed by atoms with Gasteiger partial charge in [0.05, 0.1) is 6.54 Å². The first-order chi connectivity index (χ1) is 9.65. The van der Waals surface area contributed by atoms with Gasteiger partial charge in [0.2, 0.25) is 5.91 Å². The standard InChI is InChI=1S/C15H16BrN3O/c1-11-2-3-14(13(16)8-11)18-10-15(20)19-9-12-4-6-17-7-5-12/h2-8,18H,9-10H2,1H3,(H,19,20). The van der Waals surface area contributed by atoms with E-state index in [1.165, 1.54) is 5.56 Å². The highest BCUT2D eigenvalue weighted by molar-refractivity contribution is 9.10. The van der Waals surface area contributed by atoms with Crippen LogP contribution in [0.2, 0.25) is 0 Å². The monoisotopic (exact) mass is 333 g/mol. The molecule has 0 bridgehead atoms. The molecule has 0 atom stereocenters. The maximum absolute atomic E-state index is 11.8. The summed E-state index contributed by atoms with van der Waals surface area (Å²) in [6.07, 6.45) is 3.42. The number of hydrogen-bond acceptors (Lipinski definition) is 3. The summed E-state index contributed by atoms with van der Waals surface area (Å²) in [5, 5.41) is 5.96. The fourth-order valence-corrected chi connectivity index (χ4v) is 2.34. The van der Waals surface area contributed by atoms with Crippen molar-refractivity contribution in [3.05, 3.63) is 58.3 Å². The number of benzene rings is 1. The van der Waals surface area contributed by atoms with Gasteiger partial charge < -0.3 is 10.6 Å². The number of nitrogens with zero attached hydrogens (tertiary/aromatic N) is 1. The van der Waals surface area contributed by atoms with Crippen LogP contribution in [0.4, 0.5) is 5.69 Å². The van der Waals surface area contributed by atoms with E-state index in [0.29, 0.717) is 6.54 Å². The Morgan fingerprint density at radius 3 is 2.70 bits per heavy atom. The van der Waals surface area contributed by atoms with Crippen LogP contribution < -0.4 is 10.6 Å². The molecule has 5 heteroatoms. The second-order valence-electron chi connectivity index (χ2n) is 4.47. The van der Waals surface area contributed by atoms with Crippen LogP contribution in [0, 0.1) is 6.92 Å². The molecular weight excluding hydrogens is 318 g/mol. The quantitative estimate of drug-likeness (QED) is 0.884. The highest BCUT2D eigenvalue weighted by Gasteiger charge is 2.03. The third-order valence-electron chi connectivity index (χ3n) is 2.80. The molecule has 2 aromatic rings. The van der Waals surface area contributed by atoms with E-state index in [4.69, 9.17) is 0 Å². The molecule has 104 valence electrons. The van der Waals surface area contributed by atoms with Crippen molar-refractivity contribution in [3.8, 4) is 0 Å². The van der Waals surface area contributed by atoms with Gasteiger partial charge in [-0.1, -0.05) is 6.07 Å². The van der Waals surface area contributed by atoms with Gasteiger partial charge in [0.1, 0.15) is 0 Å². The van der Waals surface area contributed by atoms with E-state index in [1.54, 1.807) is 12.4 Å². The Morgan fingerprint density at radius 1 is 1.25 bits per heavy atom. The molecule has 1 aromatic carbocycles. The van der Waals surface area contributed by atoms with Crippen molar-refractivity contribution in [1.82, 2.24) is 10.3 Å². The molecule has 0 radical (unpaired) electrons. The van der Waals surface area contributed by atoms with Crippen LogP contribution in [0.3, 0.4) is 0 Å². The molecule has 0 aliphatic heterocycles. The number of amides is 1. The molecule has 0 saturated carbocycles. The summed E-state index contributed by atoms with van der Waals surface area (Å²) in [6.45, 7) is 2.78. The summed E-state index contributed by atoms with van der Waals surface area (Å²) in [6, 6.07) is 9.73. The van der Waals surface area contributed by atoms with E-state index < -0.39 is 0 Å². The maximum Gasteiger partial charge on any atom is 0.239 e. The van der Waals surface area contributed by atoms with E-state index in [-0.39, 0.29) is 12.5 Å². The van der Waals surface area contributed by atoms with Gasteiger partial charge in [0.15, 0.2) is 0 Å². The molecule has 1 aromatic heterocycles. The normalized spacial score (nSPS) is 10.1. The van der Waals surface area contributed by atoms with Crippen molar-refractivity contribution in [3.63, 3.8) is 0 Å². The second kappa shape index (κ2) is 7.05. The summed E-state index contributed by atoms with van der Waals surface area (Å²) < 4.78 is 0.958. The molecule has 0 saturated heterocycles. The number of anilines is 1. The number of aryl methyl sites for hydroxylation is 1. The fourth-order valence-electron chi connectivity index (χ4n) is 1.70. The lowest BCUT2D eigenvalue weighted by atomic mass is 10.2. The van der Waals surface area contributed by atoms with Crippen molar-refractivity contribution in [2.45, 2.75) is 13.5 Å². The van der Waals surface area contributed by atoms with E-state index in [0.717, 1.165) is 15.7 Å².